The lowest BCUT2D eigenvalue weighted by molar-refractivity contribution is 1.07. The molecule has 6 aromatic carbocycles. The number of allylic oxidation sites excluding steroid dienone is 3. The number of aromatic nitrogens is 2. The van der Waals surface area contributed by atoms with Crippen molar-refractivity contribution in [3.8, 4) is 50.3 Å². The topological polar surface area (TPSA) is 43.8 Å². The van der Waals surface area contributed by atoms with Gasteiger partial charge in [-0.05, 0) is 70.8 Å². The predicted octanol–water partition coefficient (Wildman–Crippen LogP) is 11.7. The van der Waals surface area contributed by atoms with Gasteiger partial charge in [-0.2, -0.15) is 0 Å². The van der Waals surface area contributed by atoms with Gasteiger partial charge in [0.05, 0.1) is 16.7 Å². The normalized spacial score (nSPS) is 11.9. The summed E-state index contributed by atoms with van der Waals surface area (Å²) in [6.07, 6.45) is 5.52. The Morgan fingerprint density at radius 2 is 1.02 bits per heavy atom. The quantitative estimate of drug-likeness (QED) is 0.178. The third-order valence-corrected chi connectivity index (χ3v) is 9.21. The van der Waals surface area contributed by atoms with Crippen LogP contribution >= 0.6 is 0 Å². The fourth-order valence-electron chi connectivity index (χ4n) is 7.17. The Hall–Kier alpha value is -6.45. The van der Waals surface area contributed by atoms with Crippen molar-refractivity contribution in [3.63, 3.8) is 0 Å². The lowest BCUT2D eigenvalue weighted by Gasteiger charge is -2.24. The summed E-state index contributed by atoms with van der Waals surface area (Å²) in [7, 11) is 0. The first-order valence-corrected chi connectivity index (χ1v) is 16.7. The van der Waals surface area contributed by atoms with E-state index in [1.54, 1.807) is 6.20 Å². The van der Waals surface area contributed by atoms with Gasteiger partial charge in [0.1, 0.15) is 5.82 Å². The third-order valence-electron chi connectivity index (χ3n) is 9.21. The van der Waals surface area contributed by atoms with Gasteiger partial charge >= 0.3 is 0 Å². The Balaban J connectivity index is 1.68. The monoisotopic (exact) mass is 629 g/mol. The first-order chi connectivity index (χ1) is 24.3. The minimum Gasteiger partial charge on any atom is -0.405 e. The first-order valence-electron chi connectivity index (χ1n) is 16.7. The SMILES string of the molecule is C/C=C(\C=C/N)c1cccc(-n2c3ccccc3c3c(-c4ccccc4)c(-c4ccccc4)c(-c4ccccc4)c(-c4ccccc4)c32)n1. The van der Waals surface area contributed by atoms with Crippen LogP contribution in [0.4, 0.5) is 0 Å². The van der Waals surface area contributed by atoms with Crippen LogP contribution in [0.1, 0.15) is 12.6 Å². The van der Waals surface area contributed by atoms with Crippen molar-refractivity contribution < 1.29 is 0 Å². The Morgan fingerprint density at radius 3 is 1.57 bits per heavy atom. The van der Waals surface area contributed by atoms with Gasteiger partial charge < -0.3 is 5.73 Å². The van der Waals surface area contributed by atoms with Gasteiger partial charge in [-0.15, -0.1) is 0 Å². The molecule has 234 valence electrons. The van der Waals surface area contributed by atoms with Crippen LogP contribution in [0.2, 0.25) is 0 Å². The number of rotatable bonds is 7. The zero-order valence-corrected chi connectivity index (χ0v) is 27.3. The second-order valence-corrected chi connectivity index (χ2v) is 12.0. The zero-order valence-electron chi connectivity index (χ0n) is 27.3. The lowest BCUT2D eigenvalue weighted by Crippen LogP contribution is -2.03. The van der Waals surface area contributed by atoms with Crippen LogP contribution in [0.15, 0.2) is 182 Å². The fraction of sp³-hybridized carbons (Fsp3) is 0.0217. The van der Waals surface area contributed by atoms with Crippen LogP contribution in [-0.2, 0) is 0 Å². The molecule has 0 fully saturated rings. The first kappa shape index (κ1) is 29.9. The Morgan fingerprint density at radius 1 is 0.531 bits per heavy atom. The van der Waals surface area contributed by atoms with E-state index in [4.69, 9.17) is 10.7 Å². The molecule has 0 spiro atoms. The van der Waals surface area contributed by atoms with Gasteiger partial charge in [-0.1, -0.05) is 152 Å². The lowest BCUT2D eigenvalue weighted by atomic mass is 9.80. The molecule has 0 unspecified atom stereocenters. The van der Waals surface area contributed by atoms with Crippen LogP contribution in [0.5, 0.6) is 0 Å². The summed E-state index contributed by atoms with van der Waals surface area (Å²) in [6.45, 7) is 2.01. The Bertz CT molecular complexity index is 2470. The highest BCUT2D eigenvalue weighted by Gasteiger charge is 2.29. The summed E-state index contributed by atoms with van der Waals surface area (Å²) in [5.74, 6) is 0.844. The second kappa shape index (κ2) is 13.0. The van der Waals surface area contributed by atoms with Gasteiger partial charge in [0.25, 0.3) is 0 Å². The fourth-order valence-corrected chi connectivity index (χ4v) is 7.17. The van der Waals surface area contributed by atoms with Gasteiger partial charge in [-0.25, -0.2) is 4.98 Å². The molecule has 8 aromatic rings. The molecule has 0 aliphatic carbocycles. The molecule has 0 saturated heterocycles. The van der Waals surface area contributed by atoms with Gasteiger partial charge in [0.2, 0.25) is 0 Å². The van der Waals surface area contributed by atoms with E-state index in [9.17, 15) is 0 Å². The van der Waals surface area contributed by atoms with E-state index >= 15 is 0 Å². The largest absolute Gasteiger partial charge is 0.405 e. The summed E-state index contributed by atoms with van der Waals surface area (Å²) in [5, 5.41) is 2.37. The molecular formula is C46H35N3. The molecule has 2 heterocycles. The van der Waals surface area contributed by atoms with Gasteiger partial charge in [0, 0.05) is 27.5 Å². The minimum absolute atomic E-state index is 0.844. The minimum atomic E-state index is 0.844. The van der Waals surface area contributed by atoms with Crippen molar-refractivity contribution in [3.05, 3.63) is 188 Å². The highest BCUT2D eigenvalue weighted by Crippen LogP contribution is 2.53. The van der Waals surface area contributed by atoms with E-state index in [-0.39, 0.29) is 0 Å². The molecule has 0 amide bonds. The smallest absolute Gasteiger partial charge is 0.138 e. The maximum absolute atomic E-state index is 5.86. The zero-order chi connectivity index (χ0) is 33.2. The van der Waals surface area contributed by atoms with Crippen LogP contribution in [-0.4, -0.2) is 9.55 Å². The summed E-state index contributed by atoms with van der Waals surface area (Å²) in [6, 6.07) is 58.3. The molecule has 8 rings (SSSR count). The third kappa shape index (κ3) is 5.22. The maximum atomic E-state index is 5.86. The molecule has 0 aliphatic heterocycles. The number of hydrogen-bond acceptors (Lipinski definition) is 2. The molecule has 3 heteroatoms. The average Bonchev–Trinajstić information content (AvgIpc) is 3.52. The summed E-state index contributed by atoms with van der Waals surface area (Å²) in [5.41, 5.74) is 19.3. The molecule has 2 N–H and O–H groups in total. The molecule has 0 radical (unpaired) electrons. The van der Waals surface area contributed by atoms with Crippen LogP contribution in [0.25, 0.3) is 77.7 Å². The summed E-state index contributed by atoms with van der Waals surface area (Å²) in [4.78, 5) is 5.31. The van der Waals surface area contributed by atoms with Crippen LogP contribution in [0, 0.1) is 0 Å². The van der Waals surface area contributed by atoms with E-state index < -0.39 is 0 Å². The van der Waals surface area contributed by atoms with Gasteiger partial charge in [0.15, 0.2) is 0 Å². The highest BCUT2D eigenvalue weighted by molar-refractivity contribution is 6.26. The van der Waals surface area contributed by atoms with Crippen molar-refractivity contribution >= 4 is 27.4 Å². The standard InChI is InChI=1S/C46H35N3/c1-2-32(30-31-47)38-27-17-29-40(48-38)49-39-28-16-15-26-37(39)45-43(35-22-11-5-12-23-35)41(33-18-7-3-8-19-33)42(34-20-9-4-10-21-34)44(46(45)49)36-24-13-6-14-25-36/h2-31H,47H2,1H3/b31-30-,32-2+. The number of para-hydroxylation sites is 1. The number of fused-ring (bicyclic) bond motifs is 3. The molecule has 49 heavy (non-hydrogen) atoms. The molecule has 0 bridgehead atoms. The average molecular weight is 630 g/mol. The molecule has 0 aliphatic rings. The number of benzene rings is 6. The van der Waals surface area contributed by atoms with Crippen molar-refractivity contribution in [1.29, 1.82) is 0 Å². The van der Waals surface area contributed by atoms with Crippen molar-refractivity contribution in [2.24, 2.45) is 5.73 Å². The molecule has 0 atom stereocenters. The van der Waals surface area contributed by atoms with E-state index in [0.29, 0.717) is 0 Å². The predicted molar refractivity (Wildman–Crippen MR) is 207 cm³/mol. The van der Waals surface area contributed by atoms with Crippen molar-refractivity contribution in [2.75, 3.05) is 0 Å². The van der Waals surface area contributed by atoms with Crippen LogP contribution < -0.4 is 5.73 Å². The number of nitrogens with two attached hydrogens (primary N) is 1. The van der Waals surface area contributed by atoms with Crippen LogP contribution in [0.3, 0.4) is 0 Å². The van der Waals surface area contributed by atoms with Gasteiger partial charge in [-0.3, -0.25) is 4.57 Å². The molecule has 3 nitrogen and oxygen atoms in total. The Labute approximate surface area is 287 Å². The highest BCUT2D eigenvalue weighted by atomic mass is 15.1. The second-order valence-electron chi connectivity index (χ2n) is 12.0. The molecule has 2 aromatic heterocycles. The summed E-state index contributed by atoms with van der Waals surface area (Å²) >= 11 is 0. The van der Waals surface area contributed by atoms with E-state index in [1.807, 2.05) is 25.1 Å². The summed E-state index contributed by atoms with van der Waals surface area (Å²) < 4.78 is 2.36. The maximum Gasteiger partial charge on any atom is 0.138 e. The molecular weight excluding hydrogens is 595 g/mol. The number of pyridine rings is 1. The van der Waals surface area contributed by atoms with Crippen molar-refractivity contribution in [2.45, 2.75) is 6.92 Å². The Kier molecular flexibility index (Phi) is 7.93. The van der Waals surface area contributed by atoms with E-state index in [1.165, 1.54) is 33.0 Å². The van der Waals surface area contributed by atoms with E-state index in [0.717, 1.165) is 50.4 Å². The number of nitrogens with zero attached hydrogens (tertiary/aromatic N) is 2. The molecule has 0 saturated carbocycles. The number of hydrogen-bond donors (Lipinski definition) is 1. The van der Waals surface area contributed by atoms with Crippen molar-refractivity contribution in [1.82, 2.24) is 9.55 Å². The van der Waals surface area contributed by atoms with E-state index in [2.05, 4.69) is 162 Å².